The number of ether oxygens (including phenoxy) is 1. The number of anilines is 1. The Morgan fingerprint density at radius 3 is 2.79 bits per heavy atom. The van der Waals surface area contributed by atoms with Gasteiger partial charge < -0.3 is 15.8 Å². The molecule has 1 amide bonds. The van der Waals surface area contributed by atoms with Gasteiger partial charge in [0.1, 0.15) is 5.82 Å². The van der Waals surface area contributed by atoms with Crippen LogP contribution in [0.5, 0.6) is 0 Å². The van der Waals surface area contributed by atoms with Crippen molar-refractivity contribution in [2.24, 2.45) is 5.92 Å². The van der Waals surface area contributed by atoms with E-state index in [2.05, 4.69) is 5.32 Å². The first kappa shape index (κ1) is 13.8. The molecule has 4 nitrogen and oxygen atoms in total. The average Bonchev–Trinajstić information content (AvgIpc) is 2.42. The van der Waals surface area contributed by atoms with Gasteiger partial charge in [-0.05, 0) is 43.9 Å². The Hall–Kier alpha value is -1.62. The molecule has 1 aromatic rings. The lowest BCUT2D eigenvalue weighted by molar-refractivity contribution is 0.0538. The zero-order chi connectivity index (χ0) is 13.8. The molecule has 0 spiro atoms. The molecule has 0 aliphatic carbocycles. The van der Waals surface area contributed by atoms with Crippen LogP contribution in [0.4, 0.5) is 10.1 Å². The molecule has 1 saturated heterocycles. The van der Waals surface area contributed by atoms with E-state index in [1.165, 1.54) is 18.2 Å². The van der Waals surface area contributed by atoms with Crippen LogP contribution in [-0.2, 0) is 4.74 Å². The molecule has 1 aromatic carbocycles. The fourth-order valence-electron chi connectivity index (χ4n) is 2.29. The topological polar surface area (TPSA) is 64.4 Å². The van der Waals surface area contributed by atoms with E-state index in [9.17, 15) is 9.18 Å². The lowest BCUT2D eigenvalue weighted by atomic mass is 9.93. The Kier molecular flexibility index (Phi) is 4.37. The summed E-state index contributed by atoms with van der Waals surface area (Å²) in [5, 5.41) is 2.91. The predicted octanol–water partition coefficient (Wildman–Crippen LogP) is 1.95. The van der Waals surface area contributed by atoms with E-state index in [-0.39, 0.29) is 17.6 Å². The molecule has 1 aliphatic heterocycles. The third-order valence-electron chi connectivity index (χ3n) is 3.59. The minimum absolute atomic E-state index is 0.0500. The van der Waals surface area contributed by atoms with E-state index in [0.717, 1.165) is 26.1 Å². The number of rotatable bonds is 3. The number of nitrogen functional groups attached to an aromatic ring is 1. The summed E-state index contributed by atoms with van der Waals surface area (Å²) in [5.41, 5.74) is 5.73. The predicted molar refractivity (Wildman–Crippen MR) is 71.3 cm³/mol. The average molecular weight is 266 g/mol. The molecule has 1 fully saturated rings. The Morgan fingerprint density at radius 2 is 2.16 bits per heavy atom. The number of halogens is 1. The number of benzene rings is 1. The maximum atomic E-state index is 13.3. The molecule has 19 heavy (non-hydrogen) atoms. The second-order valence-corrected chi connectivity index (χ2v) is 4.95. The molecule has 0 bridgehead atoms. The number of hydrogen-bond acceptors (Lipinski definition) is 3. The van der Waals surface area contributed by atoms with Crippen LogP contribution >= 0.6 is 0 Å². The molecule has 5 heteroatoms. The first-order valence-electron chi connectivity index (χ1n) is 6.51. The van der Waals surface area contributed by atoms with Crippen LogP contribution in [0.25, 0.3) is 0 Å². The van der Waals surface area contributed by atoms with Crippen molar-refractivity contribution in [1.82, 2.24) is 5.32 Å². The van der Waals surface area contributed by atoms with Gasteiger partial charge >= 0.3 is 0 Å². The van der Waals surface area contributed by atoms with Gasteiger partial charge in [0.2, 0.25) is 0 Å². The monoisotopic (exact) mass is 266 g/mol. The molecule has 1 aliphatic rings. The van der Waals surface area contributed by atoms with Crippen LogP contribution in [0.1, 0.15) is 30.1 Å². The molecule has 1 atom stereocenters. The van der Waals surface area contributed by atoms with Gasteiger partial charge in [-0.25, -0.2) is 4.39 Å². The Bertz CT molecular complexity index is 459. The smallest absolute Gasteiger partial charge is 0.251 e. The van der Waals surface area contributed by atoms with Crippen LogP contribution in [0, 0.1) is 11.7 Å². The number of nitrogens with one attached hydrogen (secondary N) is 1. The fraction of sp³-hybridized carbons (Fsp3) is 0.500. The van der Waals surface area contributed by atoms with Gasteiger partial charge in [-0.3, -0.25) is 4.79 Å². The molecule has 1 unspecified atom stereocenters. The Balaban J connectivity index is 1.97. The SMILES string of the molecule is CC(NC(=O)c1ccc(N)c(F)c1)C1CCOCC1. The molecule has 0 saturated carbocycles. The summed E-state index contributed by atoms with van der Waals surface area (Å²) < 4.78 is 18.6. The highest BCUT2D eigenvalue weighted by Crippen LogP contribution is 2.19. The Morgan fingerprint density at radius 1 is 1.47 bits per heavy atom. The summed E-state index contributed by atoms with van der Waals surface area (Å²) in [4.78, 5) is 12.0. The maximum absolute atomic E-state index is 13.3. The molecule has 0 aromatic heterocycles. The highest BCUT2D eigenvalue weighted by Gasteiger charge is 2.22. The zero-order valence-electron chi connectivity index (χ0n) is 11.0. The summed E-state index contributed by atoms with van der Waals surface area (Å²) in [5.74, 6) is -0.416. The van der Waals surface area contributed by atoms with Gasteiger partial charge in [0.15, 0.2) is 0 Å². The van der Waals surface area contributed by atoms with Crippen LogP contribution in [0.2, 0.25) is 0 Å². The minimum Gasteiger partial charge on any atom is -0.396 e. The molecular weight excluding hydrogens is 247 g/mol. The third kappa shape index (κ3) is 3.44. The van der Waals surface area contributed by atoms with E-state index >= 15 is 0 Å². The number of carbonyl (C=O) groups is 1. The van der Waals surface area contributed by atoms with E-state index in [0.29, 0.717) is 11.5 Å². The largest absolute Gasteiger partial charge is 0.396 e. The number of amides is 1. The minimum atomic E-state index is -0.564. The number of hydrogen-bond donors (Lipinski definition) is 2. The summed E-state index contributed by atoms with van der Waals surface area (Å²) >= 11 is 0. The van der Waals surface area contributed by atoms with E-state index in [1.54, 1.807) is 0 Å². The van der Waals surface area contributed by atoms with Crippen molar-refractivity contribution in [3.05, 3.63) is 29.6 Å². The summed E-state index contributed by atoms with van der Waals surface area (Å²) in [7, 11) is 0. The molecular formula is C14H19FN2O2. The third-order valence-corrected chi connectivity index (χ3v) is 3.59. The quantitative estimate of drug-likeness (QED) is 0.822. The van der Waals surface area contributed by atoms with Gasteiger partial charge in [0.05, 0.1) is 5.69 Å². The first-order valence-corrected chi connectivity index (χ1v) is 6.51. The van der Waals surface area contributed by atoms with Crippen molar-refractivity contribution in [1.29, 1.82) is 0 Å². The van der Waals surface area contributed by atoms with Crippen LogP contribution in [0.15, 0.2) is 18.2 Å². The van der Waals surface area contributed by atoms with Crippen molar-refractivity contribution in [3.8, 4) is 0 Å². The first-order chi connectivity index (χ1) is 9.08. The van der Waals surface area contributed by atoms with E-state index in [1.807, 2.05) is 6.92 Å². The highest BCUT2D eigenvalue weighted by molar-refractivity contribution is 5.94. The maximum Gasteiger partial charge on any atom is 0.251 e. The fourth-order valence-corrected chi connectivity index (χ4v) is 2.29. The van der Waals surface area contributed by atoms with E-state index < -0.39 is 5.82 Å². The lowest BCUT2D eigenvalue weighted by Crippen LogP contribution is -2.40. The van der Waals surface area contributed by atoms with Gasteiger partial charge in [0, 0.05) is 24.8 Å². The van der Waals surface area contributed by atoms with E-state index in [4.69, 9.17) is 10.5 Å². The summed E-state index contributed by atoms with van der Waals surface area (Å²) in [6.45, 7) is 3.45. The normalized spacial score (nSPS) is 18.0. The number of nitrogens with two attached hydrogens (primary N) is 1. The van der Waals surface area contributed by atoms with Crippen LogP contribution < -0.4 is 11.1 Å². The van der Waals surface area contributed by atoms with Crippen molar-refractivity contribution in [2.45, 2.75) is 25.8 Å². The number of carbonyl (C=O) groups excluding carboxylic acids is 1. The second kappa shape index (κ2) is 6.02. The van der Waals surface area contributed by atoms with Crippen molar-refractivity contribution in [3.63, 3.8) is 0 Å². The van der Waals surface area contributed by atoms with Crippen molar-refractivity contribution >= 4 is 11.6 Å². The Labute approximate surface area is 112 Å². The molecule has 1 heterocycles. The zero-order valence-corrected chi connectivity index (χ0v) is 11.0. The van der Waals surface area contributed by atoms with Gasteiger partial charge in [0.25, 0.3) is 5.91 Å². The highest BCUT2D eigenvalue weighted by atomic mass is 19.1. The molecule has 0 radical (unpaired) electrons. The summed E-state index contributed by atoms with van der Waals surface area (Å²) in [6, 6.07) is 4.16. The molecule has 3 N–H and O–H groups in total. The van der Waals surface area contributed by atoms with Crippen molar-refractivity contribution in [2.75, 3.05) is 18.9 Å². The second-order valence-electron chi connectivity index (χ2n) is 4.95. The van der Waals surface area contributed by atoms with Gasteiger partial charge in [-0.15, -0.1) is 0 Å². The molecule has 104 valence electrons. The summed E-state index contributed by atoms with van der Waals surface area (Å²) in [6.07, 6.45) is 1.88. The standard InChI is InChI=1S/C14H19FN2O2/c1-9(10-4-6-19-7-5-10)17-14(18)11-2-3-13(16)12(15)8-11/h2-3,8-10H,4-7,16H2,1H3,(H,17,18). The van der Waals surface area contributed by atoms with Crippen LogP contribution in [-0.4, -0.2) is 25.2 Å². The lowest BCUT2D eigenvalue weighted by Gasteiger charge is -2.28. The van der Waals surface area contributed by atoms with Gasteiger partial charge in [-0.1, -0.05) is 0 Å². The van der Waals surface area contributed by atoms with Gasteiger partial charge in [-0.2, -0.15) is 0 Å². The van der Waals surface area contributed by atoms with Crippen LogP contribution in [0.3, 0.4) is 0 Å². The van der Waals surface area contributed by atoms with Crippen molar-refractivity contribution < 1.29 is 13.9 Å². The molecule has 2 rings (SSSR count).